The van der Waals surface area contributed by atoms with Gasteiger partial charge >= 0.3 is 0 Å². The van der Waals surface area contributed by atoms with Crippen LogP contribution < -0.4 is 0 Å². The van der Waals surface area contributed by atoms with E-state index >= 15 is 0 Å². The second kappa shape index (κ2) is 7.44. The molecule has 0 saturated carbocycles. The van der Waals surface area contributed by atoms with Crippen LogP contribution in [0.25, 0.3) is 5.57 Å². The van der Waals surface area contributed by atoms with Crippen LogP contribution in [0.2, 0.25) is 5.02 Å². The maximum atomic E-state index is 13.3. The number of rotatable bonds is 4. The first-order chi connectivity index (χ1) is 13.5. The fourth-order valence-electron chi connectivity index (χ4n) is 3.95. The Labute approximate surface area is 170 Å². The summed E-state index contributed by atoms with van der Waals surface area (Å²) in [4.78, 5) is 30.0. The third-order valence-corrected chi connectivity index (χ3v) is 5.52. The van der Waals surface area contributed by atoms with Gasteiger partial charge in [-0.3, -0.25) is 14.5 Å². The van der Waals surface area contributed by atoms with Gasteiger partial charge in [-0.1, -0.05) is 61.8 Å². The molecule has 2 amide bonds. The van der Waals surface area contributed by atoms with Crippen molar-refractivity contribution in [2.75, 3.05) is 13.1 Å². The normalized spacial score (nSPS) is 17.0. The molecule has 2 aliphatic rings. The number of hydrogen-bond acceptors (Lipinski definition) is 3. The highest BCUT2D eigenvalue weighted by Gasteiger charge is 2.42. The van der Waals surface area contributed by atoms with Gasteiger partial charge in [0.05, 0.1) is 5.57 Å². The van der Waals surface area contributed by atoms with Gasteiger partial charge in [0, 0.05) is 24.7 Å². The van der Waals surface area contributed by atoms with E-state index in [0.717, 1.165) is 18.5 Å². The molecule has 0 radical (unpaired) electrons. The van der Waals surface area contributed by atoms with E-state index < -0.39 is 0 Å². The van der Waals surface area contributed by atoms with E-state index in [2.05, 4.69) is 17.0 Å². The molecule has 144 valence electrons. The van der Waals surface area contributed by atoms with E-state index in [0.29, 0.717) is 29.4 Å². The Kier molecular flexibility index (Phi) is 4.98. The SMILES string of the molecule is CC(C)CN1C(=O)C(c2ccc(Cl)cc2)=C(N2CCc3ccccc3C2)C1=O. The van der Waals surface area contributed by atoms with Crippen molar-refractivity contribution in [3.05, 3.63) is 75.9 Å². The lowest BCUT2D eigenvalue weighted by atomic mass is 9.98. The predicted octanol–water partition coefficient (Wildman–Crippen LogP) is 4.13. The zero-order valence-electron chi connectivity index (χ0n) is 16.1. The van der Waals surface area contributed by atoms with Gasteiger partial charge in [0.1, 0.15) is 5.70 Å². The third-order valence-electron chi connectivity index (χ3n) is 5.27. The minimum atomic E-state index is -0.213. The quantitative estimate of drug-likeness (QED) is 0.732. The Morgan fingerprint density at radius 1 is 0.964 bits per heavy atom. The van der Waals surface area contributed by atoms with Crippen molar-refractivity contribution in [3.8, 4) is 0 Å². The van der Waals surface area contributed by atoms with Crippen molar-refractivity contribution in [2.45, 2.75) is 26.8 Å². The smallest absolute Gasteiger partial charge is 0.277 e. The number of imide groups is 1. The molecule has 5 heteroatoms. The molecule has 0 fully saturated rings. The largest absolute Gasteiger partial charge is 0.362 e. The monoisotopic (exact) mass is 394 g/mol. The highest BCUT2D eigenvalue weighted by molar-refractivity contribution is 6.36. The number of hydrogen-bond donors (Lipinski definition) is 0. The minimum Gasteiger partial charge on any atom is -0.362 e. The molecule has 0 aromatic heterocycles. The van der Waals surface area contributed by atoms with Crippen LogP contribution in [0.1, 0.15) is 30.5 Å². The van der Waals surface area contributed by atoms with Gasteiger partial charge in [-0.25, -0.2) is 0 Å². The summed E-state index contributed by atoms with van der Waals surface area (Å²) >= 11 is 6.03. The lowest BCUT2D eigenvalue weighted by molar-refractivity contribution is -0.138. The first kappa shape index (κ1) is 18.8. The second-order valence-electron chi connectivity index (χ2n) is 7.79. The Morgan fingerprint density at radius 2 is 1.64 bits per heavy atom. The van der Waals surface area contributed by atoms with Gasteiger partial charge in [0.2, 0.25) is 0 Å². The molecule has 2 aliphatic heterocycles. The molecule has 0 saturated heterocycles. The van der Waals surface area contributed by atoms with E-state index in [1.54, 1.807) is 12.1 Å². The van der Waals surface area contributed by atoms with Crippen molar-refractivity contribution in [2.24, 2.45) is 5.92 Å². The molecule has 0 atom stereocenters. The highest BCUT2D eigenvalue weighted by atomic mass is 35.5. The molecule has 2 aromatic carbocycles. The molecule has 2 heterocycles. The van der Waals surface area contributed by atoms with Crippen LogP contribution in [-0.2, 0) is 22.6 Å². The summed E-state index contributed by atoms with van der Waals surface area (Å²) < 4.78 is 0. The Balaban J connectivity index is 1.78. The maximum Gasteiger partial charge on any atom is 0.277 e. The molecule has 0 spiro atoms. The fraction of sp³-hybridized carbons (Fsp3) is 0.304. The van der Waals surface area contributed by atoms with Crippen molar-refractivity contribution >= 4 is 29.0 Å². The zero-order chi connectivity index (χ0) is 19.8. The second-order valence-corrected chi connectivity index (χ2v) is 8.22. The molecule has 0 unspecified atom stereocenters. The summed E-state index contributed by atoms with van der Waals surface area (Å²) in [7, 11) is 0. The van der Waals surface area contributed by atoms with E-state index in [-0.39, 0.29) is 17.7 Å². The number of carbonyl (C=O) groups is 2. The summed E-state index contributed by atoms with van der Waals surface area (Å²) in [5.74, 6) is -0.196. The molecule has 28 heavy (non-hydrogen) atoms. The lowest BCUT2D eigenvalue weighted by Crippen LogP contribution is -2.38. The van der Waals surface area contributed by atoms with Gasteiger partial charge in [0.15, 0.2) is 0 Å². The Bertz CT molecular complexity index is 963. The molecule has 0 bridgehead atoms. The van der Waals surface area contributed by atoms with Crippen molar-refractivity contribution < 1.29 is 9.59 Å². The van der Waals surface area contributed by atoms with Gasteiger partial charge in [0.25, 0.3) is 11.8 Å². The van der Waals surface area contributed by atoms with Crippen molar-refractivity contribution in [3.63, 3.8) is 0 Å². The first-order valence-corrected chi connectivity index (χ1v) is 10.0. The number of benzene rings is 2. The number of nitrogens with zero attached hydrogens (tertiary/aromatic N) is 2. The van der Waals surface area contributed by atoms with E-state index in [9.17, 15) is 9.59 Å². The van der Waals surface area contributed by atoms with Crippen LogP contribution in [-0.4, -0.2) is 34.7 Å². The molecule has 2 aromatic rings. The van der Waals surface area contributed by atoms with Crippen LogP contribution in [0.4, 0.5) is 0 Å². The molecule has 0 N–H and O–H groups in total. The maximum absolute atomic E-state index is 13.3. The first-order valence-electron chi connectivity index (χ1n) is 9.64. The molecular formula is C23H23ClN2O2. The van der Waals surface area contributed by atoms with Crippen LogP contribution in [0, 0.1) is 5.92 Å². The van der Waals surface area contributed by atoms with Crippen LogP contribution in [0.3, 0.4) is 0 Å². The topological polar surface area (TPSA) is 40.6 Å². The highest BCUT2D eigenvalue weighted by Crippen LogP contribution is 2.35. The van der Waals surface area contributed by atoms with Crippen molar-refractivity contribution in [1.82, 2.24) is 9.80 Å². The molecule has 0 aliphatic carbocycles. The summed E-state index contributed by atoms with van der Waals surface area (Å²) in [6.45, 7) is 5.80. The van der Waals surface area contributed by atoms with E-state index in [4.69, 9.17) is 11.6 Å². The number of amides is 2. The van der Waals surface area contributed by atoms with Gasteiger partial charge in [-0.15, -0.1) is 0 Å². The number of halogens is 1. The minimum absolute atomic E-state index is 0.192. The zero-order valence-corrected chi connectivity index (χ0v) is 16.9. The summed E-state index contributed by atoms with van der Waals surface area (Å²) in [5.41, 5.74) is 4.26. The summed E-state index contributed by atoms with van der Waals surface area (Å²) in [6, 6.07) is 15.4. The predicted molar refractivity (Wildman–Crippen MR) is 110 cm³/mol. The van der Waals surface area contributed by atoms with E-state index in [1.807, 2.05) is 38.1 Å². The standard InChI is InChI=1S/C23H23ClN2O2/c1-15(2)13-26-22(27)20(17-7-9-19(24)10-8-17)21(23(26)28)25-12-11-16-5-3-4-6-18(16)14-25/h3-10,15H,11-14H2,1-2H3. The molecular weight excluding hydrogens is 372 g/mol. The average molecular weight is 395 g/mol. The Hall–Kier alpha value is -2.59. The van der Waals surface area contributed by atoms with Gasteiger partial charge in [-0.2, -0.15) is 0 Å². The van der Waals surface area contributed by atoms with Crippen LogP contribution in [0.15, 0.2) is 54.2 Å². The lowest BCUT2D eigenvalue weighted by Gasteiger charge is -2.31. The van der Waals surface area contributed by atoms with Gasteiger partial charge < -0.3 is 4.90 Å². The average Bonchev–Trinajstić information content (AvgIpc) is 2.92. The fourth-order valence-corrected chi connectivity index (χ4v) is 4.08. The summed E-state index contributed by atoms with van der Waals surface area (Å²) in [5, 5.41) is 0.605. The molecule has 4 nitrogen and oxygen atoms in total. The van der Waals surface area contributed by atoms with E-state index in [1.165, 1.54) is 16.0 Å². The number of carbonyl (C=O) groups excluding carboxylic acids is 2. The van der Waals surface area contributed by atoms with Crippen molar-refractivity contribution in [1.29, 1.82) is 0 Å². The Morgan fingerprint density at radius 3 is 2.32 bits per heavy atom. The molecule has 4 rings (SSSR count). The third kappa shape index (κ3) is 3.33. The summed E-state index contributed by atoms with van der Waals surface area (Å²) in [6.07, 6.45) is 0.860. The number of fused-ring (bicyclic) bond motifs is 1. The van der Waals surface area contributed by atoms with Gasteiger partial charge in [-0.05, 0) is 41.2 Å². The van der Waals surface area contributed by atoms with Crippen LogP contribution in [0.5, 0.6) is 0 Å². The van der Waals surface area contributed by atoms with Crippen LogP contribution >= 0.6 is 11.6 Å².